The van der Waals surface area contributed by atoms with Crippen molar-refractivity contribution in [3.05, 3.63) is 65.5 Å². The van der Waals surface area contributed by atoms with E-state index in [1.165, 1.54) is 19.2 Å². The summed E-state index contributed by atoms with van der Waals surface area (Å²) in [6, 6.07) is 14.1. The molecular formula is C16H15FO2. The summed E-state index contributed by atoms with van der Waals surface area (Å²) in [6.45, 7) is 0. The number of ketones is 1. The van der Waals surface area contributed by atoms with Gasteiger partial charge in [-0.2, -0.15) is 0 Å². The molecule has 3 heteroatoms. The molecule has 2 aromatic rings. The second kappa shape index (κ2) is 6.14. The molecule has 0 aliphatic rings. The Morgan fingerprint density at radius 1 is 1.11 bits per heavy atom. The van der Waals surface area contributed by atoms with E-state index < -0.39 is 5.82 Å². The van der Waals surface area contributed by atoms with Gasteiger partial charge in [-0.15, -0.1) is 0 Å². The summed E-state index contributed by atoms with van der Waals surface area (Å²) in [4.78, 5) is 12.1. The smallest absolute Gasteiger partial charge is 0.169 e. The van der Waals surface area contributed by atoms with Crippen LogP contribution in [-0.4, -0.2) is 12.9 Å². The number of aryl methyl sites for hydroxylation is 1. The zero-order valence-corrected chi connectivity index (χ0v) is 10.7. The second-order valence-corrected chi connectivity index (χ2v) is 4.23. The fraction of sp³-hybridized carbons (Fsp3) is 0.188. The average Bonchev–Trinajstić information content (AvgIpc) is 2.45. The first-order valence-corrected chi connectivity index (χ1v) is 6.12. The van der Waals surface area contributed by atoms with Gasteiger partial charge in [-0.3, -0.25) is 4.79 Å². The summed E-state index contributed by atoms with van der Waals surface area (Å²) in [5.41, 5.74) is 1.10. The zero-order chi connectivity index (χ0) is 13.7. The molecule has 0 atom stereocenters. The van der Waals surface area contributed by atoms with Crippen molar-refractivity contribution in [1.29, 1.82) is 0 Å². The number of methoxy groups -OCH3 is 1. The first-order chi connectivity index (χ1) is 9.22. The molecule has 2 rings (SSSR count). The summed E-state index contributed by atoms with van der Waals surface area (Å²) in [5.74, 6) is -0.478. The van der Waals surface area contributed by atoms with Gasteiger partial charge in [0.2, 0.25) is 0 Å². The van der Waals surface area contributed by atoms with Gasteiger partial charge in [0, 0.05) is 6.42 Å². The van der Waals surface area contributed by atoms with E-state index in [2.05, 4.69) is 0 Å². The van der Waals surface area contributed by atoms with E-state index in [9.17, 15) is 9.18 Å². The topological polar surface area (TPSA) is 26.3 Å². The second-order valence-electron chi connectivity index (χ2n) is 4.23. The third kappa shape index (κ3) is 3.19. The molecule has 0 aliphatic carbocycles. The van der Waals surface area contributed by atoms with Gasteiger partial charge in [-0.25, -0.2) is 4.39 Å². The fourth-order valence-corrected chi connectivity index (χ4v) is 1.97. The van der Waals surface area contributed by atoms with E-state index in [1.54, 1.807) is 6.07 Å². The molecule has 0 saturated heterocycles. The molecule has 0 bridgehead atoms. The lowest BCUT2D eigenvalue weighted by Crippen LogP contribution is -2.06. The fourth-order valence-electron chi connectivity index (χ4n) is 1.97. The van der Waals surface area contributed by atoms with Gasteiger partial charge in [0.15, 0.2) is 5.78 Å². The maximum absolute atomic E-state index is 13.7. The molecule has 0 aliphatic heterocycles. The first-order valence-electron chi connectivity index (χ1n) is 6.12. The molecular weight excluding hydrogens is 243 g/mol. The van der Waals surface area contributed by atoms with Crippen LogP contribution in [-0.2, 0) is 6.42 Å². The number of Topliss-reactive ketones (excluding diaryl/α,β-unsaturated/α-hetero) is 1. The van der Waals surface area contributed by atoms with Crippen LogP contribution in [0, 0.1) is 5.82 Å². The van der Waals surface area contributed by atoms with Crippen LogP contribution in [0.2, 0.25) is 0 Å². The zero-order valence-electron chi connectivity index (χ0n) is 10.7. The number of hydrogen-bond acceptors (Lipinski definition) is 2. The first kappa shape index (κ1) is 13.3. The Morgan fingerprint density at radius 2 is 1.84 bits per heavy atom. The van der Waals surface area contributed by atoms with Crippen molar-refractivity contribution in [1.82, 2.24) is 0 Å². The monoisotopic (exact) mass is 258 g/mol. The Morgan fingerprint density at radius 3 is 2.53 bits per heavy atom. The van der Waals surface area contributed by atoms with E-state index in [0.29, 0.717) is 6.42 Å². The standard InChI is InChI=1S/C16H15FO2/c1-19-15-9-5-8-13(17)16(15)14(18)11-10-12-6-3-2-4-7-12/h2-9H,10-11H2,1H3. The number of ether oxygens (including phenoxy) is 1. The molecule has 98 valence electrons. The van der Waals surface area contributed by atoms with E-state index in [0.717, 1.165) is 5.56 Å². The Bertz CT molecular complexity index is 564. The Kier molecular flexibility index (Phi) is 4.29. The summed E-state index contributed by atoms with van der Waals surface area (Å²) < 4.78 is 18.8. The van der Waals surface area contributed by atoms with Crippen LogP contribution in [0.4, 0.5) is 4.39 Å². The van der Waals surface area contributed by atoms with Gasteiger partial charge in [0.25, 0.3) is 0 Å². The highest BCUT2D eigenvalue weighted by Gasteiger charge is 2.16. The van der Waals surface area contributed by atoms with Crippen molar-refractivity contribution >= 4 is 5.78 Å². The van der Waals surface area contributed by atoms with Gasteiger partial charge < -0.3 is 4.74 Å². The van der Waals surface area contributed by atoms with E-state index in [1.807, 2.05) is 30.3 Å². The molecule has 0 amide bonds. The third-order valence-electron chi connectivity index (χ3n) is 2.96. The van der Waals surface area contributed by atoms with Crippen LogP contribution in [0.5, 0.6) is 5.75 Å². The maximum Gasteiger partial charge on any atom is 0.169 e. The molecule has 2 aromatic carbocycles. The molecule has 0 aromatic heterocycles. The van der Waals surface area contributed by atoms with Crippen molar-refractivity contribution in [2.24, 2.45) is 0 Å². The predicted octanol–water partition coefficient (Wildman–Crippen LogP) is 3.65. The third-order valence-corrected chi connectivity index (χ3v) is 2.96. The molecule has 0 N–H and O–H groups in total. The highest BCUT2D eigenvalue weighted by Crippen LogP contribution is 2.23. The molecule has 0 heterocycles. The summed E-state index contributed by atoms with van der Waals surface area (Å²) in [5, 5.41) is 0. The van der Waals surface area contributed by atoms with E-state index in [4.69, 9.17) is 4.74 Å². The summed E-state index contributed by atoms with van der Waals surface area (Å²) >= 11 is 0. The molecule has 2 nitrogen and oxygen atoms in total. The van der Waals surface area contributed by atoms with Crippen molar-refractivity contribution in [2.75, 3.05) is 7.11 Å². The molecule has 0 unspecified atom stereocenters. The SMILES string of the molecule is COc1cccc(F)c1C(=O)CCc1ccccc1. The van der Waals surface area contributed by atoms with E-state index >= 15 is 0 Å². The van der Waals surface area contributed by atoms with Crippen LogP contribution in [0.1, 0.15) is 22.3 Å². The van der Waals surface area contributed by atoms with Crippen molar-refractivity contribution < 1.29 is 13.9 Å². The Labute approximate surface area is 111 Å². The van der Waals surface area contributed by atoms with Crippen molar-refractivity contribution in [2.45, 2.75) is 12.8 Å². The van der Waals surface area contributed by atoms with Crippen LogP contribution in [0.25, 0.3) is 0 Å². The quantitative estimate of drug-likeness (QED) is 0.765. The van der Waals surface area contributed by atoms with Gasteiger partial charge in [0.1, 0.15) is 11.6 Å². The highest BCUT2D eigenvalue weighted by molar-refractivity contribution is 5.99. The molecule has 0 fully saturated rings. The average molecular weight is 258 g/mol. The number of benzene rings is 2. The van der Waals surface area contributed by atoms with Crippen LogP contribution >= 0.6 is 0 Å². The van der Waals surface area contributed by atoms with Gasteiger partial charge in [-0.1, -0.05) is 36.4 Å². The molecule has 19 heavy (non-hydrogen) atoms. The van der Waals surface area contributed by atoms with E-state index in [-0.39, 0.29) is 23.5 Å². The minimum atomic E-state index is -0.530. The number of carbonyl (C=O) groups is 1. The summed E-state index contributed by atoms with van der Waals surface area (Å²) in [7, 11) is 1.43. The highest BCUT2D eigenvalue weighted by atomic mass is 19.1. The number of rotatable bonds is 5. The summed E-state index contributed by atoms with van der Waals surface area (Å²) in [6.07, 6.45) is 0.860. The minimum absolute atomic E-state index is 0.0425. The van der Waals surface area contributed by atoms with Crippen molar-refractivity contribution in [3.63, 3.8) is 0 Å². The number of hydrogen-bond donors (Lipinski definition) is 0. The van der Waals surface area contributed by atoms with Crippen LogP contribution in [0.3, 0.4) is 0 Å². The molecule has 0 spiro atoms. The molecule has 0 radical (unpaired) electrons. The van der Waals surface area contributed by atoms with Gasteiger partial charge >= 0.3 is 0 Å². The normalized spacial score (nSPS) is 10.2. The van der Waals surface area contributed by atoms with Crippen LogP contribution < -0.4 is 4.74 Å². The lowest BCUT2D eigenvalue weighted by Gasteiger charge is -2.08. The molecule has 0 saturated carbocycles. The van der Waals surface area contributed by atoms with Crippen LogP contribution in [0.15, 0.2) is 48.5 Å². The van der Waals surface area contributed by atoms with Gasteiger partial charge in [-0.05, 0) is 24.1 Å². The number of carbonyl (C=O) groups excluding carboxylic acids is 1. The number of halogens is 1. The van der Waals surface area contributed by atoms with Crippen molar-refractivity contribution in [3.8, 4) is 5.75 Å². The minimum Gasteiger partial charge on any atom is -0.496 e. The lowest BCUT2D eigenvalue weighted by atomic mass is 10.0. The lowest BCUT2D eigenvalue weighted by molar-refractivity contribution is 0.0975. The Balaban J connectivity index is 2.12. The Hall–Kier alpha value is -2.16. The largest absolute Gasteiger partial charge is 0.496 e. The van der Waals surface area contributed by atoms with Gasteiger partial charge in [0.05, 0.1) is 12.7 Å². The predicted molar refractivity (Wildman–Crippen MR) is 72.0 cm³/mol. The maximum atomic E-state index is 13.7.